The molecule has 0 aliphatic rings. The molecule has 3 nitrogen and oxygen atoms in total. The zero-order valence-electron chi connectivity index (χ0n) is 5.80. The Labute approximate surface area is 75.7 Å². The largest absolute Gasteiger partial charge is 1.00 e. The zero-order valence-corrected chi connectivity index (χ0v) is 7.80. The number of ketones is 1. The molecule has 0 N–H and O–H groups in total. The van der Waals surface area contributed by atoms with E-state index in [1.165, 1.54) is 13.8 Å². The minimum atomic E-state index is -1.60. The molecule has 0 aromatic heterocycles. The van der Waals surface area contributed by atoms with Crippen molar-refractivity contribution in [2.75, 3.05) is 0 Å². The van der Waals surface area contributed by atoms with Crippen molar-refractivity contribution in [3.8, 4) is 0 Å². The number of carboxylic acids is 1. The second-order valence-electron chi connectivity index (χ2n) is 1.81. The average molecular weight is 142 g/mol. The van der Waals surface area contributed by atoms with Gasteiger partial charge in [0.2, 0.25) is 0 Å². The van der Waals surface area contributed by atoms with Crippen molar-refractivity contribution >= 4 is 11.8 Å². The number of carbonyl (C=O) groups excluding carboxylic acids is 2. The topological polar surface area (TPSA) is 57.2 Å². The zero-order chi connectivity index (χ0) is 6.73. The van der Waals surface area contributed by atoms with Crippen LogP contribution in [-0.2, 0) is 9.59 Å². The first-order chi connectivity index (χ1) is 3.55. The monoisotopic (exact) mass is 142 g/mol. The van der Waals surface area contributed by atoms with Gasteiger partial charge in [-0.05, 0) is 0 Å². The summed E-state index contributed by atoms with van der Waals surface area (Å²) in [5.41, 5.74) is 0. The summed E-state index contributed by atoms with van der Waals surface area (Å²) >= 11 is 0. The molecule has 0 spiro atoms. The van der Waals surface area contributed by atoms with E-state index in [0.717, 1.165) is 0 Å². The van der Waals surface area contributed by atoms with E-state index in [2.05, 4.69) is 0 Å². The number of hydrogen-bond donors (Lipinski definition) is 0. The maximum atomic E-state index is 10.2. The van der Waals surface area contributed by atoms with Gasteiger partial charge in [0.15, 0.2) is 5.78 Å². The van der Waals surface area contributed by atoms with E-state index in [1.807, 2.05) is 0 Å². The van der Waals surface area contributed by atoms with Crippen LogP contribution in [0.25, 0.3) is 0 Å². The first kappa shape index (κ1) is 11.9. The van der Waals surface area contributed by atoms with Crippen molar-refractivity contribution in [2.45, 2.75) is 13.8 Å². The van der Waals surface area contributed by atoms with Gasteiger partial charge in [0.1, 0.15) is 5.97 Å². The molecule has 0 rings (SSSR count). The SMILES string of the molecule is [13CH3]C([13CH3])[13C](=O)[13C](=O)[O-].[Na+]. The maximum absolute atomic E-state index is 10.2. The molecule has 0 aliphatic heterocycles. The molecule has 0 aliphatic carbocycles. The van der Waals surface area contributed by atoms with Crippen molar-refractivity contribution in [3.63, 3.8) is 0 Å². The van der Waals surface area contributed by atoms with E-state index in [-0.39, 0.29) is 29.6 Å². The fourth-order valence-electron chi connectivity index (χ4n) is 0.236. The van der Waals surface area contributed by atoms with Gasteiger partial charge in [0.05, 0.1) is 0 Å². The summed E-state index contributed by atoms with van der Waals surface area (Å²) in [7, 11) is 0. The van der Waals surface area contributed by atoms with E-state index in [0.29, 0.717) is 0 Å². The normalized spacial score (nSPS) is 8.33. The van der Waals surface area contributed by atoms with Crippen LogP contribution in [0.3, 0.4) is 0 Å². The number of Topliss-reactive ketones (excluding diaryl/α,β-unsaturated/α-hetero) is 1. The van der Waals surface area contributed by atoms with Crippen LogP contribution in [0.5, 0.6) is 0 Å². The minimum absolute atomic E-state index is 0. The van der Waals surface area contributed by atoms with Gasteiger partial charge >= 0.3 is 29.6 Å². The summed E-state index contributed by atoms with van der Waals surface area (Å²) in [6.45, 7) is 3.02. The summed E-state index contributed by atoms with van der Waals surface area (Å²) in [4.78, 5) is 19.9. The molecular weight excluding hydrogens is 135 g/mol. The van der Waals surface area contributed by atoms with E-state index in [1.54, 1.807) is 0 Å². The molecule has 0 unspecified atom stereocenters. The number of carbonyl (C=O) groups is 2. The molecule has 0 amide bonds. The van der Waals surface area contributed by atoms with Crippen LogP contribution in [0.4, 0.5) is 0 Å². The third-order valence-electron chi connectivity index (χ3n) is 0.726. The first-order valence-electron chi connectivity index (χ1n) is 2.31. The molecular formula is C5H7NaO3. The molecule has 0 atom stereocenters. The predicted octanol–water partition coefficient (Wildman–Crippen LogP) is -4.03. The molecule has 0 heterocycles. The second-order valence-corrected chi connectivity index (χ2v) is 1.81. The number of carboxylic acid groups (broad SMARTS) is 1. The third-order valence-corrected chi connectivity index (χ3v) is 0.726. The average Bonchev–Trinajstić information content (AvgIpc) is 1.64. The van der Waals surface area contributed by atoms with E-state index < -0.39 is 17.7 Å². The maximum Gasteiger partial charge on any atom is 1.00 e. The van der Waals surface area contributed by atoms with Crippen LogP contribution in [0, 0.1) is 5.92 Å². The Morgan fingerprint density at radius 3 is 1.67 bits per heavy atom. The molecule has 0 radical (unpaired) electrons. The van der Waals surface area contributed by atoms with Gasteiger partial charge in [-0.25, -0.2) is 0 Å². The van der Waals surface area contributed by atoms with Crippen molar-refractivity contribution in [2.24, 2.45) is 5.92 Å². The van der Waals surface area contributed by atoms with Gasteiger partial charge in [0, 0.05) is 5.92 Å². The van der Waals surface area contributed by atoms with Crippen LogP contribution >= 0.6 is 0 Å². The Balaban J connectivity index is 0. The molecule has 4 heteroatoms. The Kier molecular flexibility index (Phi) is 6.56. The fraction of sp³-hybridized carbons (Fsp3) is 0.600. The predicted molar refractivity (Wildman–Crippen MR) is 24.9 cm³/mol. The molecule has 0 aromatic carbocycles. The quantitative estimate of drug-likeness (QED) is 0.224. The Morgan fingerprint density at radius 1 is 1.33 bits per heavy atom. The molecule has 46 valence electrons. The van der Waals surface area contributed by atoms with Gasteiger partial charge in [-0.3, -0.25) is 4.79 Å². The Bertz CT molecular complexity index is 119. The number of rotatable bonds is 2. The van der Waals surface area contributed by atoms with Crippen LogP contribution in [-0.4, -0.2) is 11.8 Å². The van der Waals surface area contributed by atoms with Crippen molar-refractivity contribution in [1.82, 2.24) is 0 Å². The van der Waals surface area contributed by atoms with Crippen LogP contribution in [0.15, 0.2) is 0 Å². The minimum Gasteiger partial charge on any atom is -0.542 e. The Hall–Kier alpha value is 0.140. The fourth-order valence-corrected chi connectivity index (χ4v) is 0.236. The summed E-state index contributed by atoms with van der Waals surface area (Å²) in [6, 6.07) is 0. The molecule has 0 aromatic rings. The van der Waals surface area contributed by atoms with E-state index in [4.69, 9.17) is 0 Å². The Morgan fingerprint density at radius 2 is 1.67 bits per heavy atom. The van der Waals surface area contributed by atoms with Crippen molar-refractivity contribution in [1.29, 1.82) is 0 Å². The summed E-state index contributed by atoms with van der Waals surface area (Å²) in [5.74, 6) is -2.90. The van der Waals surface area contributed by atoms with Crippen LogP contribution in [0.2, 0.25) is 0 Å². The molecule has 0 bridgehead atoms. The molecule has 9 heavy (non-hydrogen) atoms. The number of aliphatic carboxylic acids is 1. The van der Waals surface area contributed by atoms with Crippen molar-refractivity contribution in [3.05, 3.63) is 0 Å². The molecule has 0 saturated heterocycles. The smallest absolute Gasteiger partial charge is 0.542 e. The van der Waals surface area contributed by atoms with Crippen molar-refractivity contribution < 1.29 is 44.3 Å². The third kappa shape index (κ3) is 4.63. The van der Waals surface area contributed by atoms with Crippen LogP contribution < -0.4 is 34.7 Å². The standard InChI is InChI=1S/C5H8O3.Na/c1-3(2)4(6)5(7)8;/h3H,1-2H3,(H,7,8);/q;+1/p-1/i1+1,2+1,4+1,5+1;. The number of hydrogen-bond acceptors (Lipinski definition) is 3. The van der Waals surface area contributed by atoms with E-state index in [9.17, 15) is 14.7 Å². The van der Waals surface area contributed by atoms with Gasteiger partial charge in [0.25, 0.3) is 0 Å². The summed E-state index contributed by atoms with van der Waals surface area (Å²) in [6.07, 6.45) is 0. The van der Waals surface area contributed by atoms with Gasteiger partial charge < -0.3 is 9.90 Å². The van der Waals surface area contributed by atoms with Gasteiger partial charge in [-0.15, -0.1) is 0 Å². The van der Waals surface area contributed by atoms with E-state index >= 15 is 0 Å². The van der Waals surface area contributed by atoms with Crippen LogP contribution in [0.1, 0.15) is 13.8 Å². The first-order valence-corrected chi connectivity index (χ1v) is 2.31. The summed E-state index contributed by atoms with van der Waals surface area (Å²) in [5, 5.41) is 9.68. The molecule has 0 fully saturated rings. The second kappa shape index (κ2) is 4.97. The molecule has 0 saturated carbocycles. The van der Waals surface area contributed by atoms with Gasteiger partial charge in [-0.2, -0.15) is 0 Å². The van der Waals surface area contributed by atoms with Gasteiger partial charge in [-0.1, -0.05) is 13.8 Å². The summed E-state index contributed by atoms with van der Waals surface area (Å²) < 4.78 is 0.